The van der Waals surface area contributed by atoms with Gasteiger partial charge in [0.1, 0.15) is 5.52 Å². The van der Waals surface area contributed by atoms with Crippen molar-refractivity contribution in [2.45, 2.75) is 13.8 Å². The molecule has 5 heteroatoms. The van der Waals surface area contributed by atoms with E-state index < -0.39 is 0 Å². The summed E-state index contributed by atoms with van der Waals surface area (Å²) in [6, 6.07) is 0. The highest BCUT2D eigenvalue weighted by Gasteiger charge is 2.02. The Morgan fingerprint density at radius 1 is 1.31 bits per heavy atom. The Hall–Kier alpha value is -1.78. The van der Waals surface area contributed by atoms with Gasteiger partial charge in [-0.1, -0.05) is 0 Å². The van der Waals surface area contributed by atoms with E-state index in [2.05, 4.69) is 19.9 Å². The number of nitrogens with one attached hydrogen (secondary N) is 1. The summed E-state index contributed by atoms with van der Waals surface area (Å²) in [4.78, 5) is 25.4. The minimum Gasteiger partial charge on any atom is -0.308 e. The summed E-state index contributed by atoms with van der Waals surface area (Å²) >= 11 is 0. The molecule has 0 spiro atoms. The maximum absolute atomic E-state index is 11.0. The van der Waals surface area contributed by atoms with Crippen molar-refractivity contribution in [1.29, 1.82) is 0 Å². The van der Waals surface area contributed by atoms with Crippen molar-refractivity contribution in [2.75, 3.05) is 0 Å². The quantitative estimate of drug-likeness (QED) is 0.627. The van der Waals surface area contributed by atoms with Crippen LogP contribution in [0.4, 0.5) is 0 Å². The van der Waals surface area contributed by atoms with Crippen molar-refractivity contribution in [3.05, 3.63) is 28.1 Å². The Morgan fingerprint density at radius 3 is 2.85 bits per heavy atom. The van der Waals surface area contributed by atoms with Gasteiger partial charge in [-0.05, 0) is 13.8 Å². The second kappa shape index (κ2) is 2.62. The lowest BCUT2D eigenvalue weighted by atomic mass is 10.3. The van der Waals surface area contributed by atoms with Gasteiger partial charge in [0, 0.05) is 5.69 Å². The number of aromatic nitrogens is 4. The Balaban J connectivity index is 2.95. The van der Waals surface area contributed by atoms with E-state index in [9.17, 15) is 4.79 Å². The molecule has 0 saturated carbocycles. The predicted molar refractivity (Wildman–Crippen MR) is 47.4 cm³/mol. The second-order valence-electron chi connectivity index (χ2n) is 2.85. The van der Waals surface area contributed by atoms with Crippen LogP contribution in [0.5, 0.6) is 0 Å². The average Bonchev–Trinajstić information content (AvgIpc) is 2.06. The second-order valence-corrected chi connectivity index (χ2v) is 2.85. The van der Waals surface area contributed by atoms with E-state index in [4.69, 9.17) is 0 Å². The third-order valence-corrected chi connectivity index (χ3v) is 1.73. The summed E-state index contributed by atoms with van der Waals surface area (Å²) in [7, 11) is 0. The molecule has 0 aliphatic rings. The van der Waals surface area contributed by atoms with Crippen molar-refractivity contribution >= 4 is 11.2 Å². The van der Waals surface area contributed by atoms with Crippen molar-refractivity contribution in [3.8, 4) is 0 Å². The molecule has 0 bridgehead atoms. The molecule has 1 N–H and O–H groups in total. The molecule has 0 amide bonds. The monoisotopic (exact) mass is 176 g/mol. The van der Waals surface area contributed by atoms with Crippen LogP contribution in [0.3, 0.4) is 0 Å². The van der Waals surface area contributed by atoms with Gasteiger partial charge in [0.25, 0.3) is 0 Å². The van der Waals surface area contributed by atoms with E-state index in [0.29, 0.717) is 16.9 Å². The predicted octanol–water partition coefficient (Wildman–Crippen LogP) is 0.330. The summed E-state index contributed by atoms with van der Waals surface area (Å²) in [6.07, 6.45) is 1.59. The lowest BCUT2D eigenvalue weighted by molar-refractivity contribution is 1.02. The van der Waals surface area contributed by atoms with Gasteiger partial charge in [0.05, 0.1) is 11.9 Å². The van der Waals surface area contributed by atoms with Crippen LogP contribution in [0, 0.1) is 13.8 Å². The molecule has 0 atom stereocenters. The molecular weight excluding hydrogens is 168 g/mol. The van der Waals surface area contributed by atoms with Crippen molar-refractivity contribution in [1.82, 2.24) is 19.9 Å². The maximum atomic E-state index is 11.0. The fraction of sp³-hybridized carbons (Fsp3) is 0.250. The fourth-order valence-electron chi connectivity index (χ4n) is 1.15. The molecular formula is C8H8N4O. The number of H-pyrrole nitrogens is 1. The number of aryl methyl sites for hydroxylation is 2. The van der Waals surface area contributed by atoms with Crippen LogP contribution in [0.15, 0.2) is 11.0 Å². The van der Waals surface area contributed by atoms with Gasteiger partial charge in [-0.15, -0.1) is 0 Å². The summed E-state index contributed by atoms with van der Waals surface area (Å²) in [6.45, 7) is 3.62. The van der Waals surface area contributed by atoms with E-state index in [1.807, 2.05) is 6.92 Å². The maximum Gasteiger partial charge on any atom is 0.347 e. The summed E-state index contributed by atoms with van der Waals surface area (Å²) in [5.74, 6) is 0. The minimum absolute atomic E-state index is 0.386. The molecule has 0 saturated heterocycles. The molecule has 66 valence electrons. The number of nitrogens with zero attached hydrogens (tertiary/aromatic N) is 3. The zero-order chi connectivity index (χ0) is 9.42. The highest BCUT2D eigenvalue weighted by Crippen LogP contribution is 2.06. The Bertz CT molecular complexity index is 517. The molecule has 0 radical (unpaired) electrons. The van der Waals surface area contributed by atoms with Gasteiger partial charge in [-0.25, -0.2) is 14.8 Å². The first-order chi connectivity index (χ1) is 6.16. The lowest BCUT2D eigenvalue weighted by Crippen LogP contribution is -2.13. The van der Waals surface area contributed by atoms with Crippen LogP contribution in [0.25, 0.3) is 11.2 Å². The number of fused-ring (bicyclic) bond motifs is 1. The molecule has 0 unspecified atom stereocenters. The van der Waals surface area contributed by atoms with Gasteiger partial charge in [-0.2, -0.15) is 4.98 Å². The number of hydrogen-bond donors (Lipinski definition) is 1. The molecule has 0 aromatic carbocycles. The van der Waals surface area contributed by atoms with E-state index in [-0.39, 0.29) is 5.69 Å². The van der Waals surface area contributed by atoms with Crippen molar-refractivity contribution in [3.63, 3.8) is 0 Å². The highest BCUT2D eigenvalue weighted by atomic mass is 16.1. The van der Waals surface area contributed by atoms with Crippen molar-refractivity contribution < 1.29 is 0 Å². The molecule has 2 aromatic rings. The third-order valence-electron chi connectivity index (χ3n) is 1.73. The Morgan fingerprint density at radius 2 is 2.08 bits per heavy atom. The van der Waals surface area contributed by atoms with Gasteiger partial charge in [-0.3, -0.25) is 0 Å². The molecule has 5 nitrogen and oxygen atoms in total. The fourth-order valence-corrected chi connectivity index (χ4v) is 1.15. The highest BCUT2D eigenvalue weighted by molar-refractivity contribution is 5.71. The van der Waals surface area contributed by atoms with Gasteiger partial charge < -0.3 is 4.98 Å². The molecule has 2 rings (SSSR count). The molecule has 2 heterocycles. The van der Waals surface area contributed by atoms with Gasteiger partial charge in [0.2, 0.25) is 0 Å². The van der Waals surface area contributed by atoms with Gasteiger partial charge in [0.15, 0.2) is 5.65 Å². The molecule has 2 aromatic heterocycles. The van der Waals surface area contributed by atoms with Crippen LogP contribution in [-0.4, -0.2) is 19.9 Å². The molecule has 0 aliphatic carbocycles. The third kappa shape index (κ3) is 1.28. The first-order valence-corrected chi connectivity index (χ1v) is 3.87. The summed E-state index contributed by atoms with van der Waals surface area (Å²) < 4.78 is 0. The first kappa shape index (κ1) is 7.85. The molecule has 13 heavy (non-hydrogen) atoms. The molecule has 0 fully saturated rings. The normalized spacial score (nSPS) is 10.6. The molecule has 0 aliphatic heterocycles. The van der Waals surface area contributed by atoms with E-state index in [1.54, 1.807) is 13.1 Å². The van der Waals surface area contributed by atoms with Gasteiger partial charge >= 0.3 is 5.69 Å². The Kier molecular flexibility index (Phi) is 1.58. The van der Waals surface area contributed by atoms with E-state index >= 15 is 0 Å². The average molecular weight is 176 g/mol. The number of aromatic amines is 1. The lowest BCUT2D eigenvalue weighted by Gasteiger charge is -1.98. The zero-order valence-corrected chi connectivity index (χ0v) is 7.33. The van der Waals surface area contributed by atoms with Crippen molar-refractivity contribution in [2.24, 2.45) is 0 Å². The minimum atomic E-state index is -0.386. The smallest absolute Gasteiger partial charge is 0.308 e. The topological polar surface area (TPSA) is 71.5 Å². The largest absolute Gasteiger partial charge is 0.347 e. The van der Waals surface area contributed by atoms with Crippen LogP contribution in [-0.2, 0) is 0 Å². The standard InChI is InChI=1S/C8H8N4O/c1-4-3-9-7-6(10-4)5(2)11-8(13)12-7/h3H,1-2H3,(H,9,11,12,13). The van der Waals surface area contributed by atoms with Crippen LogP contribution in [0.2, 0.25) is 0 Å². The zero-order valence-electron chi connectivity index (χ0n) is 7.33. The van der Waals surface area contributed by atoms with Crippen LogP contribution < -0.4 is 5.69 Å². The first-order valence-electron chi connectivity index (χ1n) is 3.87. The number of hydrogen-bond acceptors (Lipinski definition) is 4. The Labute approximate surface area is 73.9 Å². The SMILES string of the molecule is Cc1cnc2nc(=O)[nH]c(C)c2n1. The van der Waals surface area contributed by atoms with Crippen LogP contribution >= 0.6 is 0 Å². The number of rotatable bonds is 0. The summed E-state index contributed by atoms with van der Waals surface area (Å²) in [5, 5.41) is 0. The van der Waals surface area contributed by atoms with E-state index in [0.717, 1.165) is 5.69 Å². The summed E-state index contributed by atoms with van der Waals surface area (Å²) in [5.41, 5.74) is 2.17. The van der Waals surface area contributed by atoms with E-state index in [1.165, 1.54) is 0 Å². The van der Waals surface area contributed by atoms with Crippen LogP contribution in [0.1, 0.15) is 11.4 Å².